The first-order valence-corrected chi connectivity index (χ1v) is 6.10. The molecule has 0 spiro atoms. The van der Waals surface area contributed by atoms with Gasteiger partial charge in [0.05, 0.1) is 0 Å². The zero-order chi connectivity index (χ0) is 13.1. The molecular formula is C14H20ClNO. The van der Waals surface area contributed by atoms with Gasteiger partial charge in [-0.1, -0.05) is 18.0 Å². The summed E-state index contributed by atoms with van der Waals surface area (Å²) >= 11 is 5.74. The monoisotopic (exact) mass is 253 g/mol. The van der Waals surface area contributed by atoms with Crippen molar-refractivity contribution >= 4 is 17.4 Å². The highest BCUT2D eigenvalue weighted by Crippen LogP contribution is 2.12. The summed E-state index contributed by atoms with van der Waals surface area (Å²) in [5, 5.41) is 0.662. The molecule has 0 saturated heterocycles. The van der Waals surface area contributed by atoms with E-state index in [4.69, 9.17) is 17.3 Å². The fraction of sp³-hybridized carbons (Fsp3) is 0.357. The van der Waals surface area contributed by atoms with E-state index in [0.29, 0.717) is 18.0 Å². The van der Waals surface area contributed by atoms with Crippen LogP contribution in [0.25, 0.3) is 0 Å². The van der Waals surface area contributed by atoms with Gasteiger partial charge in [0.25, 0.3) is 0 Å². The first-order chi connectivity index (χ1) is 8.24. The molecule has 0 fully saturated rings. The highest BCUT2D eigenvalue weighted by atomic mass is 35.5. The third-order valence-corrected chi connectivity index (χ3v) is 2.53. The van der Waals surface area contributed by atoms with Crippen molar-refractivity contribution in [2.24, 2.45) is 5.73 Å². The molecule has 0 radical (unpaired) electrons. The van der Waals surface area contributed by atoms with Crippen LogP contribution in [0.5, 0.6) is 0 Å². The molecule has 0 aromatic heterocycles. The predicted molar refractivity (Wildman–Crippen MR) is 74.6 cm³/mol. The number of benzene rings is 1. The van der Waals surface area contributed by atoms with E-state index in [-0.39, 0.29) is 5.78 Å². The van der Waals surface area contributed by atoms with Crippen LogP contribution in [0.4, 0.5) is 0 Å². The first-order valence-electron chi connectivity index (χ1n) is 5.73. The molecule has 2 N–H and O–H groups in total. The number of Topliss-reactive ketones (excluding diaryl/α,β-unsaturated/α-hetero) is 1. The number of rotatable bonds is 6. The Morgan fingerprint density at radius 2 is 1.71 bits per heavy atom. The van der Waals surface area contributed by atoms with E-state index in [9.17, 15) is 4.79 Å². The summed E-state index contributed by atoms with van der Waals surface area (Å²) in [5.74, 6) is 0.184. The van der Waals surface area contributed by atoms with Gasteiger partial charge in [-0.25, -0.2) is 0 Å². The smallest absolute Gasteiger partial charge is 0.162 e. The van der Waals surface area contributed by atoms with Crippen LogP contribution in [0.1, 0.15) is 36.0 Å². The molecule has 3 heteroatoms. The Labute approximate surface area is 108 Å². The molecule has 0 aliphatic rings. The van der Waals surface area contributed by atoms with Gasteiger partial charge in [0.1, 0.15) is 0 Å². The molecule has 17 heavy (non-hydrogen) atoms. The van der Waals surface area contributed by atoms with Gasteiger partial charge in [-0.05, 0) is 43.7 Å². The van der Waals surface area contributed by atoms with E-state index >= 15 is 0 Å². The molecule has 0 unspecified atom stereocenters. The van der Waals surface area contributed by atoms with Crippen LogP contribution in [0.15, 0.2) is 37.4 Å². The van der Waals surface area contributed by atoms with Crippen molar-refractivity contribution in [3.05, 3.63) is 48.0 Å². The van der Waals surface area contributed by atoms with E-state index in [1.807, 2.05) is 0 Å². The van der Waals surface area contributed by atoms with Crippen LogP contribution >= 0.6 is 11.6 Å². The van der Waals surface area contributed by atoms with Crippen molar-refractivity contribution in [1.29, 1.82) is 0 Å². The highest BCUT2D eigenvalue weighted by Gasteiger charge is 2.04. The maximum absolute atomic E-state index is 11.6. The van der Waals surface area contributed by atoms with Crippen LogP contribution in [-0.2, 0) is 0 Å². The number of ketones is 1. The normalized spacial score (nSPS) is 9.29. The number of carbonyl (C=O) groups excluding carboxylic acids is 1. The van der Waals surface area contributed by atoms with Crippen LogP contribution in [0, 0.1) is 0 Å². The number of nitrogens with two attached hydrogens (primary N) is 1. The van der Waals surface area contributed by atoms with Crippen molar-refractivity contribution in [2.75, 3.05) is 6.54 Å². The van der Waals surface area contributed by atoms with Gasteiger partial charge in [0.2, 0.25) is 0 Å². The molecule has 0 amide bonds. The lowest BCUT2D eigenvalue weighted by atomic mass is 10.0. The Morgan fingerprint density at radius 1 is 1.12 bits per heavy atom. The van der Waals surface area contributed by atoms with Crippen molar-refractivity contribution in [3.8, 4) is 0 Å². The lowest BCUT2D eigenvalue weighted by Crippen LogP contribution is -2.01. The van der Waals surface area contributed by atoms with Gasteiger partial charge in [-0.3, -0.25) is 4.79 Å². The predicted octanol–water partition coefficient (Wildman–Crippen LogP) is 3.84. The SMILES string of the molecule is C=C.NCCCCCC(=O)c1ccc(Cl)cc1. The molecule has 1 aromatic rings. The van der Waals surface area contributed by atoms with Gasteiger partial charge < -0.3 is 5.73 Å². The standard InChI is InChI=1S/C12H16ClNO.C2H4/c13-11-7-5-10(6-8-11)12(15)4-2-1-3-9-14;1-2/h5-8H,1-4,9,14H2;1-2H2. The second kappa shape index (κ2) is 10.1. The molecule has 0 atom stereocenters. The molecule has 1 rings (SSSR count). The Hall–Kier alpha value is -1.12. The van der Waals surface area contributed by atoms with E-state index in [1.54, 1.807) is 24.3 Å². The number of hydrogen-bond donors (Lipinski definition) is 1. The van der Waals surface area contributed by atoms with E-state index in [1.165, 1.54) is 0 Å². The Kier molecular flexibility index (Phi) is 9.40. The lowest BCUT2D eigenvalue weighted by molar-refractivity contribution is 0.0979. The Balaban J connectivity index is 0.00000121. The summed E-state index contributed by atoms with van der Waals surface area (Å²) in [6.07, 6.45) is 3.53. The number of unbranched alkanes of at least 4 members (excludes halogenated alkanes) is 2. The maximum atomic E-state index is 11.6. The minimum absolute atomic E-state index is 0.184. The van der Waals surface area contributed by atoms with Crippen molar-refractivity contribution < 1.29 is 4.79 Å². The van der Waals surface area contributed by atoms with Crippen LogP contribution < -0.4 is 5.73 Å². The van der Waals surface area contributed by atoms with Crippen LogP contribution in [0.3, 0.4) is 0 Å². The zero-order valence-electron chi connectivity index (χ0n) is 10.1. The number of halogens is 1. The molecule has 0 bridgehead atoms. The molecule has 2 nitrogen and oxygen atoms in total. The summed E-state index contributed by atoms with van der Waals surface area (Å²) in [5.41, 5.74) is 6.12. The third kappa shape index (κ3) is 6.93. The van der Waals surface area contributed by atoms with Gasteiger partial charge in [-0.2, -0.15) is 0 Å². The summed E-state index contributed by atoms with van der Waals surface area (Å²) in [7, 11) is 0. The number of hydrogen-bond acceptors (Lipinski definition) is 2. The molecule has 0 heterocycles. The van der Waals surface area contributed by atoms with Gasteiger partial charge in [-0.15, -0.1) is 13.2 Å². The Bertz CT molecular complexity index is 321. The molecule has 0 saturated carbocycles. The van der Waals surface area contributed by atoms with Gasteiger partial charge >= 0.3 is 0 Å². The zero-order valence-corrected chi connectivity index (χ0v) is 10.9. The fourth-order valence-electron chi connectivity index (χ4n) is 1.39. The quantitative estimate of drug-likeness (QED) is 0.475. The third-order valence-electron chi connectivity index (χ3n) is 2.27. The maximum Gasteiger partial charge on any atom is 0.162 e. The molecule has 0 aliphatic carbocycles. The molecule has 0 aliphatic heterocycles. The topological polar surface area (TPSA) is 43.1 Å². The molecular weight excluding hydrogens is 234 g/mol. The minimum atomic E-state index is 0.184. The fourth-order valence-corrected chi connectivity index (χ4v) is 1.51. The van der Waals surface area contributed by atoms with Gasteiger partial charge in [0.15, 0.2) is 5.78 Å². The largest absolute Gasteiger partial charge is 0.330 e. The molecule has 94 valence electrons. The van der Waals surface area contributed by atoms with Gasteiger partial charge in [0, 0.05) is 17.0 Å². The van der Waals surface area contributed by atoms with Crippen molar-refractivity contribution in [2.45, 2.75) is 25.7 Å². The number of carbonyl (C=O) groups is 1. The van der Waals surface area contributed by atoms with Crippen LogP contribution in [0.2, 0.25) is 5.02 Å². The summed E-state index contributed by atoms with van der Waals surface area (Å²) < 4.78 is 0. The van der Waals surface area contributed by atoms with E-state index in [2.05, 4.69) is 13.2 Å². The average Bonchev–Trinajstić information content (AvgIpc) is 2.38. The van der Waals surface area contributed by atoms with Crippen molar-refractivity contribution in [3.63, 3.8) is 0 Å². The second-order valence-corrected chi connectivity index (χ2v) is 3.97. The average molecular weight is 254 g/mol. The Morgan fingerprint density at radius 3 is 2.24 bits per heavy atom. The highest BCUT2D eigenvalue weighted by molar-refractivity contribution is 6.30. The second-order valence-electron chi connectivity index (χ2n) is 3.53. The first kappa shape index (κ1) is 15.9. The van der Waals surface area contributed by atoms with E-state index < -0.39 is 0 Å². The lowest BCUT2D eigenvalue weighted by Gasteiger charge is -2.00. The van der Waals surface area contributed by atoms with E-state index in [0.717, 1.165) is 24.8 Å². The minimum Gasteiger partial charge on any atom is -0.330 e. The summed E-state index contributed by atoms with van der Waals surface area (Å²) in [6.45, 7) is 6.70. The van der Waals surface area contributed by atoms with Crippen molar-refractivity contribution in [1.82, 2.24) is 0 Å². The summed E-state index contributed by atoms with van der Waals surface area (Å²) in [6, 6.07) is 7.03. The molecule has 1 aromatic carbocycles. The summed E-state index contributed by atoms with van der Waals surface area (Å²) in [4.78, 5) is 11.6. The van der Waals surface area contributed by atoms with Crippen LogP contribution in [-0.4, -0.2) is 12.3 Å².